The minimum Gasteiger partial charge on any atom is -0.237 e. The Balaban J connectivity index is 2.44. The van der Waals surface area contributed by atoms with Gasteiger partial charge in [0, 0.05) is 10.6 Å². The molecule has 0 saturated heterocycles. The van der Waals surface area contributed by atoms with E-state index in [-0.39, 0.29) is 0 Å². The second-order valence-electron chi connectivity index (χ2n) is 3.92. The first-order chi connectivity index (χ1) is 8.69. The first kappa shape index (κ1) is 12.3. The average Bonchev–Trinajstić information content (AvgIpc) is 2.36. The lowest BCUT2D eigenvalue weighted by Gasteiger charge is -2.00. The van der Waals surface area contributed by atoms with Crippen molar-refractivity contribution in [2.24, 2.45) is 4.99 Å². The number of hydrogen-bond donors (Lipinski definition) is 0. The van der Waals surface area contributed by atoms with Crippen LogP contribution in [-0.2, 0) is 0 Å². The van der Waals surface area contributed by atoms with Crippen LogP contribution in [0.15, 0.2) is 53.5 Å². The van der Waals surface area contributed by atoms with E-state index in [1.165, 1.54) is 0 Å². The van der Waals surface area contributed by atoms with Crippen molar-refractivity contribution in [1.29, 1.82) is 5.26 Å². The number of rotatable bonds is 2. The van der Waals surface area contributed by atoms with Gasteiger partial charge in [0.05, 0.1) is 5.69 Å². The van der Waals surface area contributed by atoms with E-state index in [0.29, 0.717) is 10.7 Å². The number of nitriles is 1. The Morgan fingerprint density at radius 3 is 2.61 bits per heavy atom. The first-order valence-electron chi connectivity index (χ1n) is 5.50. The lowest BCUT2D eigenvalue weighted by molar-refractivity contribution is 1.42. The third kappa shape index (κ3) is 2.97. The van der Waals surface area contributed by atoms with Crippen LogP contribution in [0.2, 0.25) is 5.02 Å². The molecule has 0 spiro atoms. The molecule has 18 heavy (non-hydrogen) atoms. The lowest BCUT2D eigenvalue weighted by Crippen LogP contribution is -1.96. The molecule has 0 heterocycles. The van der Waals surface area contributed by atoms with E-state index < -0.39 is 0 Å². The molecule has 0 aromatic heterocycles. The molecule has 2 rings (SSSR count). The number of hydrogen-bond acceptors (Lipinski definition) is 2. The molecular weight excluding hydrogens is 244 g/mol. The van der Waals surface area contributed by atoms with Gasteiger partial charge in [-0.1, -0.05) is 35.9 Å². The summed E-state index contributed by atoms with van der Waals surface area (Å²) in [5.41, 5.74) is 2.97. The molecule has 0 fully saturated rings. The number of aliphatic imine (C=N–C) groups is 1. The van der Waals surface area contributed by atoms with Crippen molar-refractivity contribution in [1.82, 2.24) is 0 Å². The maximum atomic E-state index is 9.18. The summed E-state index contributed by atoms with van der Waals surface area (Å²) in [5, 5.41) is 9.77. The zero-order valence-electron chi connectivity index (χ0n) is 9.89. The third-order valence-electron chi connectivity index (χ3n) is 2.45. The highest BCUT2D eigenvalue weighted by Gasteiger charge is 2.03. The molecule has 0 saturated carbocycles. The summed E-state index contributed by atoms with van der Waals surface area (Å²) in [7, 11) is 0. The van der Waals surface area contributed by atoms with E-state index in [2.05, 4.69) is 11.1 Å². The zero-order chi connectivity index (χ0) is 13.0. The summed E-state index contributed by atoms with van der Waals surface area (Å²) >= 11 is 5.91. The summed E-state index contributed by atoms with van der Waals surface area (Å²) in [4.78, 5) is 4.35. The number of halogens is 1. The maximum Gasteiger partial charge on any atom is 0.148 e. The number of nitrogens with zero attached hydrogens (tertiary/aromatic N) is 2. The van der Waals surface area contributed by atoms with Crippen LogP contribution in [0.3, 0.4) is 0 Å². The highest BCUT2D eigenvalue weighted by molar-refractivity contribution is 6.31. The second kappa shape index (κ2) is 5.48. The van der Waals surface area contributed by atoms with Gasteiger partial charge in [-0.05, 0) is 36.8 Å². The van der Waals surface area contributed by atoms with Crippen LogP contribution in [0.5, 0.6) is 0 Å². The van der Waals surface area contributed by atoms with E-state index in [4.69, 9.17) is 11.6 Å². The van der Waals surface area contributed by atoms with Crippen LogP contribution in [0, 0.1) is 18.3 Å². The van der Waals surface area contributed by atoms with E-state index in [1.807, 2.05) is 37.3 Å². The Bertz CT molecular complexity index is 639. The van der Waals surface area contributed by atoms with Crippen LogP contribution in [0.1, 0.15) is 11.1 Å². The van der Waals surface area contributed by atoms with Gasteiger partial charge >= 0.3 is 0 Å². The molecule has 0 unspecified atom stereocenters. The smallest absolute Gasteiger partial charge is 0.148 e. The fourth-order valence-electron chi connectivity index (χ4n) is 1.62. The highest BCUT2D eigenvalue weighted by atomic mass is 35.5. The van der Waals surface area contributed by atoms with E-state index >= 15 is 0 Å². The van der Waals surface area contributed by atoms with Crippen LogP contribution in [-0.4, -0.2) is 5.71 Å². The van der Waals surface area contributed by atoms with Crippen LogP contribution in [0.4, 0.5) is 5.69 Å². The van der Waals surface area contributed by atoms with E-state index in [1.54, 1.807) is 18.2 Å². The van der Waals surface area contributed by atoms with Crippen LogP contribution >= 0.6 is 11.6 Å². The van der Waals surface area contributed by atoms with Gasteiger partial charge < -0.3 is 0 Å². The molecule has 2 nitrogen and oxygen atoms in total. The van der Waals surface area contributed by atoms with Gasteiger partial charge in [0.2, 0.25) is 0 Å². The standard InChI is InChI=1S/C15H11ClN2/c1-11-4-2-7-14(8-11)18-15(10-17)12-5-3-6-13(16)9-12/h2-9H,1H3/b18-15+. The normalized spacial score (nSPS) is 11.1. The van der Waals surface area contributed by atoms with Crippen molar-refractivity contribution in [3.8, 4) is 6.07 Å². The molecule has 0 aliphatic rings. The van der Waals surface area contributed by atoms with Gasteiger partial charge in [0.15, 0.2) is 0 Å². The molecule has 0 bridgehead atoms. The molecule has 0 aliphatic carbocycles. The van der Waals surface area contributed by atoms with Gasteiger partial charge in [0.1, 0.15) is 11.8 Å². The summed E-state index contributed by atoms with van der Waals surface area (Å²) in [6.45, 7) is 1.99. The minimum atomic E-state index is 0.364. The van der Waals surface area contributed by atoms with Crippen LogP contribution in [0.25, 0.3) is 0 Å². The predicted octanol–water partition coefficient (Wildman–Crippen LogP) is 4.29. The SMILES string of the molecule is Cc1cccc(/N=C(\C#N)c2cccc(Cl)c2)c1. The quantitative estimate of drug-likeness (QED) is 0.737. The Morgan fingerprint density at radius 1 is 1.17 bits per heavy atom. The summed E-state index contributed by atoms with van der Waals surface area (Å²) < 4.78 is 0. The maximum absolute atomic E-state index is 9.18. The Kier molecular flexibility index (Phi) is 3.76. The number of aryl methyl sites for hydroxylation is 1. The highest BCUT2D eigenvalue weighted by Crippen LogP contribution is 2.17. The second-order valence-corrected chi connectivity index (χ2v) is 4.36. The van der Waals surface area contributed by atoms with E-state index in [0.717, 1.165) is 16.8 Å². The molecule has 0 N–H and O–H groups in total. The monoisotopic (exact) mass is 254 g/mol. The molecule has 0 amide bonds. The Morgan fingerprint density at radius 2 is 1.94 bits per heavy atom. The molecule has 88 valence electrons. The summed E-state index contributed by atoms with van der Waals surface area (Å²) in [5.74, 6) is 0. The molecule has 2 aromatic carbocycles. The van der Waals surface area contributed by atoms with Crippen molar-refractivity contribution >= 4 is 23.0 Å². The van der Waals surface area contributed by atoms with Crippen molar-refractivity contribution < 1.29 is 0 Å². The van der Waals surface area contributed by atoms with Gasteiger partial charge in [-0.2, -0.15) is 5.26 Å². The molecule has 0 aliphatic heterocycles. The Labute approximate surface area is 111 Å². The predicted molar refractivity (Wildman–Crippen MR) is 74.4 cm³/mol. The van der Waals surface area contributed by atoms with E-state index in [9.17, 15) is 5.26 Å². The molecule has 2 aromatic rings. The van der Waals surface area contributed by atoms with Gasteiger partial charge in [-0.3, -0.25) is 0 Å². The zero-order valence-corrected chi connectivity index (χ0v) is 10.6. The molecule has 0 radical (unpaired) electrons. The summed E-state index contributed by atoms with van der Waals surface area (Å²) in [6.07, 6.45) is 0. The average molecular weight is 255 g/mol. The first-order valence-corrected chi connectivity index (χ1v) is 5.88. The van der Waals surface area contributed by atoms with Crippen LogP contribution < -0.4 is 0 Å². The molecule has 3 heteroatoms. The van der Waals surface area contributed by atoms with Gasteiger partial charge in [-0.25, -0.2) is 4.99 Å². The van der Waals surface area contributed by atoms with Gasteiger partial charge in [-0.15, -0.1) is 0 Å². The van der Waals surface area contributed by atoms with Crippen molar-refractivity contribution in [3.63, 3.8) is 0 Å². The van der Waals surface area contributed by atoms with Gasteiger partial charge in [0.25, 0.3) is 0 Å². The molecular formula is C15H11ClN2. The minimum absolute atomic E-state index is 0.364. The fourth-order valence-corrected chi connectivity index (χ4v) is 1.81. The topological polar surface area (TPSA) is 36.1 Å². The van der Waals surface area contributed by atoms with Crippen molar-refractivity contribution in [2.75, 3.05) is 0 Å². The van der Waals surface area contributed by atoms with Crippen molar-refractivity contribution in [3.05, 3.63) is 64.7 Å². The third-order valence-corrected chi connectivity index (χ3v) is 2.68. The fraction of sp³-hybridized carbons (Fsp3) is 0.0667. The number of benzene rings is 2. The molecule has 0 atom stereocenters. The lowest BCUT2D eigenvalue weighted by atomic mass is 10.1. The Hall–Kier alpha value is -2.11. The largest absolute Gasteiger partial charge is 0.237 e. The summed E-state index contributed by atoms with van der Waals surface area (Å²) in [6, 6.07) is 17.0. The van der Waals surface area contributed by atoms with Crippen molar-refractivity contribution in [2.45, 2.75) is 6.92 Å².